The topological polar surface area (TPSA) is 76.0 Å². The van der Waals surface area contributed by atoms with Gasteiger partial charge in [-0.15, -0.1) is 0 Å². The number of amides is 1. The summed E-state index contributed by atoms with van der Waals surface area (Å²) in [6.07, 6.45) is 1.50. The monoisotopic (exact) mass is 258 g/mol. The molecule has 0 saturated carbocycles. The molecule has 0 aliphatic heterocycles. The predicted molar refractivity (Wildman–Crippen MR) is 73.7 cm³/mol. The summed E-state index contributed by atoms with van der Waals surface area (Å²) in [6.45, 7) is 1.35. The SMILES string of the molecule is CNc1cnn(-c2ccccc2)c(=O)c1NC(C)=O. The van der Waals surface area contributed by atoms with Crippen molar-refractivity contribution in [3.05, 3.63) is 46.9 Å². The van der Waals surface area contributed by atoms with Crippen LogP contribution < -0.4 is 16.2 Å². The van der Waals surface area contributed by atoms with Crippen LogP contribution in [0, 0.1) is 0 Å². The van der Waals surface area contributed by atoms with E-state index in [2.05, 4.69) is 15.7 Å². The molecule has 6 nitrogen and oxygen atoms in total. The third-order valence-corrected chi connectivity index (χ3v) is 2.55. The molecule has 0 aliphatic carbocycles. The van der Waals surface area contributed by atoms with Crippen molar-refractivity contribution in [3.63, 3.8) is 0 Å². The fourth-order valence-corrected chi connectivity index (χ4v) is 1.69. The van der Waals surface area contributed by atoms with E-state index < -0.39 is 0 Å². The number of nitrogens with one attached hydrogen (secondary N) is 2. The van der Waals surface area contributed by atoms with Crippen LogP contribution in [-0.2, 0) is 4.79 Å². The maximum atomic E-state index is 12.3. The number of nitrogens with zero attached hydrogens (tertiary/aromatic N) is 2. The van der Waals surface area contributed by atoms with E-state index in [1.807, 2.05) is 18.2 Å². The molecule has 0 unspecified atom stereocenters. The highest BCUT2D eigenvalue weighted by atomic mass is 16.2. The Kier molecular flexibility index (Phi) is 3.61. The third kappa shape index (κ3) is 2.62. The Morgan fingerprint density at radius 2 is 1.95 bits per heavy atom. The average Bonchev–Trinajstić information content (AvgIpc) is 2.41. The molecule has 98 valence electrons. The maximum Gasteiger partial charge on any atom is 0.297 e. The van der Waals surface area contributed by atoms with E-state index >= 15 is 0 Å². The van der Waals surface area contributed by atoms with Gasteiger partial charge in [-0.25, -0.2) is 0 Å². The van der Waals surface area contributed by atoms with Crippen LogP contribution in [0.1, 0.15) is 6.92 Å². The number of carbonyl (C=O) groups excluding carboxylic acids is 1. The molecule has 2 aromatic rings. The summed E-state index contributed by atoms with van der Waals surface area (Å²) >= 11 is 0. The number of para-hydroxylation sites is 1. The molecule has 0 saturated heterocycles. The van der Waals surface area contributed by atoms with Gasteiger partial charge in [0.1, 0.15) is 5.69 Å². The summed E-state index contributed by atoms with van der Waals surface area (Å²) in [7, 11) is 1.66. The van der Waals surface area contributed by atoms with Crippen molar-refractivity contribution >= 4 is 17.3 Å². The van der Waals surface area contributed by atoms with Crippen molar-refractivity contribution in [2.24, 2.45) is 0 Å². The lowest BCUT2D eigenvalue weighted by molar-refractivity contribution is -0.114. The minimum Gasteiger partial charge on any atom is -0.385 e. The summed E-state index contributed by atoms with van der Waals surface area (Å²) in [5.41, 5.74) is 0.927. The van der Waals surface area contributed by atoms with Crippen molar-refractivity contribution in [1.29, 1.82) is 0 Å². The number of hydrogen-bond acceptors (Lipinski definition) is 4. The molecule has 2 N–H and O–H groups in total. The van der Waals surface area contributed by atoms with Crippen LogP contribution in [0.4, 0.5) is 11.4 Å². The van der Waals surface area contributed by atoms with Crippen molar-refractivity contribution in [1.82, 2.24) is 9.78 Å². The molecule has 1 heterocycles. The molecule has 1 amide bonds. The van der Waals surface area contributed by atoms with Crippen molar-refractivity contribution in [2.45, 2.75) is 6.92 Å². The Hall–Kier alpha value is -2.63. The molecule has 0 radical (unpaired) electrons. The molecular formula is C13H14N4O2. The summed E-state index contributed by atoms with van der Waals surface area (Å²) in [4.78, 5) is 23.5. The molecule has 0 aliphatic rings. The van der Waals surface area contributed by atoms with Crippen LogP contribution in [0.15, 0.2) is 41.3 Å². The van der Waals surface area contributed by atoms with Crippen LogP contribution in [0.25, 0.3) is 5.69 Å². The van der Waals surface area contributed by atoms with Gasteiger partial charge < -0.3 is 10.6 Å². The highest BCUT2D eigenvalue weighted by Gasteiger charge is 2.12. The lowest BCUT2D eigenvalue weighted by Crippen LogP contribution is -2.27. The number of benzene rings is 1. The Morgan fingerprint density at radius 1 is 1.26 bits per heavy atom. The van der Waals surface area contributed by atoms with E-state index in [-0.39, 0.29) is 17.2 Å². The summed E-state index contributed by atoms with van der Waals surface area (Å²) in [6, 6.07) is 9.02. The molecule has 1 aromatic carbocycles. The summed E-state index contributed by atoms with van der Waals surface area (Å²) in [5.74, 6) is -0.306. The van der Waals surface area contributed by atoms with Crippen LogP contribution in [-0.4, -0.2) is 22.7 Å². The zero-order valence-corrected chi connectivity index (χ0v) is 10.7. The molecule has 6 heteroatoms. The molecule has 19 heavy (non-hydrogen) atoms. The van der Waals surface area contributed by atoms with Crippen LogP contribution in [0.3, 0.4) is 0 Å². The number of aromatic nitrogens is 2. The van der Waals surface area contributed by atoms with Gasteiger partial charge in [-0.2, -0.15) is 9.78 Å². The molecule has 0 bridgehead atoms. The molecule has 2 rings (SSSR count). The fraction of sp³-hybridized carbons (Fsp3) is 0.154. The Balaban J connectivity index is 2.60. The third-order valence-electron chi connectivity index (χ3n) is 2.55. The van der Waals surface area contributed by atoms with Crippen LogP contribution >= 0.6 is 0 Å². The van der Waals surface area contributed by atoms with E-state index in [9.17, 15) is 9.59 Å². The van der Waals surface area contributed by atoms with Crippen LogP contribution in [0.2, 0.25) is 0 Å². The van der Waals surface area contributed by atoms with E-state index in [0.717, 1.165) is 0 Å². The standard InChI is InChI=1S/C13H14N4O2/c1-9(18)16-12-11(14-2)8-15-17(13(12)19)10-6-4-3-5-7-10/h3-8,14H,1-2H3,(H,16,18). The number of rotatable bonds is 3. The fourth-order valence-electron chi connectivity index (χ4n) is 1.69. The average molecular weight is 258 g/mol. The van der Waals surface area contributed by atoms with Crippen LogP contribution in [0.5, 0.6) is 0 Å². The zero-order chi connectivity index (χ0) is 13.8. The Labute approximate surface area is 110 Å². The van der Waals surface area contributed by atoms with Crippen molar-refractivity contribution < 1.29 is 4.79 Å². The highest BCUT2D eigenvalue weighted by Crippen LogP contribution is 2.15. The van der Waals surface area contributed by atoms with Gasteiger partial charge in [0, 0.05) is 14.0 Å². The molecule has 0 spiro atoms. The van der Waals surface area contributed by atoms with E-state index in [1.54, 1.807) is 19.2 Å². The first kappa shape index (κ1) is 12.8. The normalized spacial score (nSPS) is 10.0. The zero-order valence-electron chi connectivity index (χ0n) is 10.7. The Bertz CT molecular complexity index is 649. The molecule has 0 atom stereocenters. The second kappa shape index (κ2) is 5.34. The minimum absolute atomic E-state index is 0.189. The van der Waals surface area contributed by atoms with Crippen molar-refractivity contribution in [2.75, 3.05) is 17.7 Å². The minimum atomic E-state index is -0.381. The lowest BCUT2D eigenvalue weighted by Gasteiger charge is -2.11. The molecule has 0 fully saturated rings. The van der Waals surface area contributed by atoms with Gasteiger partial charge in [-0.3, -0.25) is 9.59 Å². The summed E-state index contributed by atoms with van der Waals surface area (Å²) in [5, 5.41) is 9.44. The van der Waals surface area contributed by atoms with E-state index in [4.69, 9.17) is 0 Å². The largest absolute Gasteiger partial charge is 0.385 e. The van der Waals surface area contributed by atoms with Gasteiger partial charge in [0.2, 0.25) is 5.91 Å². The first-order chi connectivity index (χ1) is 9.13. The predicted octanol–water partition coefficient (Wildman–Crippen LogP) is 1.23. The number of hydrogen-bond donors (Lipinski definition) is 2. The quantitative estimate of drug-likeness (QED) is 0.868. The maximum absolute atomic E-state index is 12.3. The first-order valence-corrected chi connectivity index (χ1v) is 5.76. The summed E-state index contributed by atoms with van der Waals surface area (Å²) < 4.78 is 1.24. The molecular weight excluding hydrogens is 244 g/mol. The lowest BCUT2D eigenvalue weighted by atomic mass is 10.3. The Morgan fingerprint density at radius 3 is 2.53 bits per heavy atom. The second-order valence-corrected chi connectivity index (χ2v) is 3.92. The van der Waals surface area contributed by atoms with E-state index in [1.165, 1.54) is 17.8 Å². The van der Waals surface area contributed by atoms with Gasteiger partial charge in [0.05, 0.1) is 17.6 Å². The van der Waals surface area contributed by atoms with Gasteiger partial charge in [-0.1, -0.05) is 18.2 Å². The second-order valence-electron chi connectivity index (χ2n) is 3.92. The van der Waals surface area contributed by atoms with Gasteiger partial charge in [-0.05, 0) is 12.1 Å². The number of anilines is 2. The smallest absolute Gasteiger partial charge is 0.297 e. The van der Waals surface area contributed by atoms with Gasteiger partial charge in [0.25, 0.3) is 5.56 Å². The van der Waals surface area contributed by atoms with Gasteiger partial charge >= 0.3 is 0 Å². The number of carbonyl (C=O) groups is 1. The highest BCUT2D eigenvalue weighted by molar-refractivity contribution is 5.92. The first-order valence-electron chi connectivity index (χ1n) is 5.76. The van der Waals surface area contributed by atoms with E-state index in [0.29, 0.717) is 11.4 Å². The van der Waals surface area contributed by atoms with Crippen molar-refractivity contribution in [3.8, 4) is 5.69 Å². The van der Waals surface area contributed by atoms with Gasteiger partial charge in [0.15, 0.2) is 0 Å². The molecule has 1 aromatic heterocycles.